The molecule has 0 aromatic carbocycles. The minimum atomic E-state index is 0.262. The molecule has 0 atom stereocenters. The fourth-order valence-electron chi connectivity index (χ4n) is 2.95. The second kappa shape index (κ2) is 9.41. The van der Waals surface area contributed by atoms with Crippen LogP contribution in [0.25, 0.3) is 0 Å². The van der Waals surface area contributed by atoms with Crippen LogP contribution in [-0.2, 0) is 4.79 Å². The highest BCUT2D eigenvalue weighted by Gasteiger charge is 2.13. The number of carbonyl (C=O) groups excluding carboxylic acids is 1. The zero-order valence-corrected chi connectivity index (χ0v) is 12.3. The first-order valence-corrected chi connectivity index (χ1v) is 8.02. The molecule has 0 radical (unpaired) electrons. The molecule has 1 aliphatic rings. The number of nitrogens with one attached hydrogen (secondary N) is 1. The van der Waals surface area contributed by atoms with Gasteiger partial charge in [-0.2, -0.15) is 0 Å². The lowest BCUT2D eigenvalue weighted by atomic mass is 9.86. The molecule has 0 spiro atoms. The summed E-state index contributed by atoms with van der Waals surface area (Å²) in [4.78, 5) is 11.7. The molecule has 0 bridgehead atoms. The van der Waals surface area contributed by atoms with Gasteiger partial charge in [0, 0.05) is 13.0 Å². The maximum Gasteiger partial charge on any atom is 0.220 e. The molecule has 1 aliphatic carbocycles. The summed E-state index contributed by atoms with van der Waals surface area (Å²) in [5.74, 6) is 1.83. The van der Waals surface area contributed by atoms with Crippen molar-refractivity contribution in [3.8, 4) is 0 Å². The zero-order valence-electron chi connectivity index (χ0n) is 12.3. The summed E-state index contributed by atoms with van der Waals surface area (Å²) < 4.78 is 0. The summed E-state index contributed by atoms with van der Waals surface area (Å²) in [7, 11) is 0. The summed E-state index contributed by atoms with van der Waals surface area (Å²) in [5, 5.41) is 3.08. The SMILES string of the molecule is CCC(CC)CNC(=O)CCCC1CCCCC1. The van der Waals surface area contributed by atoms with Crippen LogP contribution in [0, 0.1) is 11.8 Å². The van der Waals surface area contributed by atoms with E-state index in [4.69, 9.17) is 0 Å². The van der Waals surface area contributed by atoms with Crippen LogP contribution < -0.4 is 5.32 Å². The van der Waals surface area contributed by atoms with E-state index < -0.39 is 0 Å². The van der Waals surface area contributed by atoms with Crippen molar-refractivity contribution in [2.45, 2.75) is 78.1 Å². The molecule has 1 fully saturated rings. The van der Waals surface area contributed by atoms with Gasteiger partial charge >= 0.3 is 0 Å². The van der Waals surface area contributed by atoms with E-state index in [1.807, 2.05) is 0 Å². The summed E-state index contributed by atoms with van der Waals surface area (Å²) in [6.07, 6.45) is 12.4. The number of rotatable bonds is 8. The Kier molecular flexibility index (Phi) is 8.11. The van der Waals surface area contributed by atoms with Gasteiger partial charge in [0.05, 0.1) is 0 Å². The van der Waals surface area contributed by atoms with E-state index in [2.05, 4.69) is 19.2 Å². The first-order chi connectivity index (χ1) is 8.76. The van der Waals surface area contributed by atoms with E-state index in [0.29, 0.717) is 5.92 Å². The third-order valence-electron chi connectivity index (χ3n) is 4.48. The second-order valence-electron chi connectivity index (χ2n) is 5.88. The molecule has 0 aromatic rings. The van der Waals surface area contributed by atoms with Crippen LogP contribution >= 0.6 is 0 Å². The highest BCUT2D eigenvalue weighted by atomic mass is 16.1. The Labute approximate surface area is 113 Å². The summed E-state index contributed by atoms with van der Waals surface area (Å²) in [6, 6.07) is 0. The van der Waals surface area contributed by atoms with Crippen LogP contribution in [0.3, 0.4) is 0 Å². The minimum absolute atomic E-state index is 0.262. The van der Waals surface area contributed by atoms with Gasteiger partial charge in [-0.1, -0.05) is 58.8 Å². The lowest BCUT2D eigenvalue weighted by Crippen LogP contribution is -2.28. The van der Waals surface area contributed by atoms with Crippen molar-refractivity contribution >= 4 is 5.91 Å². The standard InChI is InChI=1S/C16H31NO/c1-3-14(4-2)13-17-16(18)12-8-11-15-9-6-5-7-10-15/h14-15H,3-13H2,1-2H3,(H,17,18). The smallest absolute Gasteiger partial charge is 0.220 e. The first-order valence-electron chi connectivity index (χ1n) is 8.02. The van der Waals surface area contributed by atoms with Crippen LogP contribution in [0.15, 0.2) is 0 Å². The average Bonchev–Trinajstić information content (AvgIpc) is 2.41. The molecule has 106 valence electrons. The van der Waals surface area contributed by atoms with Crippen molar-refractivity contribution < 1.29 is 4.79 Å². The molecule has 0 heterocycles. The van der Waals surface area contributed by atoms with Gasteiger partial charge in [-0.15, -0.1) is 0 Å². The number of carbonyl (C=O) groups is 1. The van der Waals surface area contributed by atoms with Gasteiger partial charge in [0.15, 0.2) is 0 Å². The Morgan fingerprint density at radius 2 is 1.83 bits per heavy atom. The maximum atomic E-state index is 11.7. The lowest BCUT2D eigenvalue weighted by Gasteiger charge is -2.21. The molecule has 1 saturated carbocycles. The summed E-state index contributed by atoms with van der Waals surface area (Å²) in [5.41, 5.74) is 0. The monoisotopic (exact) mass is 253 g/mol. The zero-order chi connectivity index (χ0) is 13.2. The fourth-order valence-corrected chi connectivity index (χ4v) is 2.95. The summed E-state index contributed by atoms with van der Waals surface area (Å²) >= 11 is 0. The molecule has 2 nitrogen and oxygen atoms in total. The average molecular weight is 253 g/mol. The van der Waals surface area contributed by atoms with Gasteiger partial charge in [0.25, 0.3) is 0 Å². The predicted octanol–water partition coefficient (Wildman–Crippen LogP) is 4.29. The molecule has 18 heavy (non-hydrogen) atoms. The quantitative estimate of drug-likeness (QED) is 0.687. The van der Waals surface area contributed by atoms with Crippen molar-refractivity contribution in [3.05, 3.63) is 0 Å². The molecule has 1 N–H and O–H groups in total. The van der Waals surface area contributed by atoms with Gasteiger partial charge in [-0.05, 0) is 24.7 Å². The van der Waals surface area contributed by atoms with E-state index in [-0.39, 0.29) is 5.91 Å². The second-order valence-corrected chi connectivity index (χ2v) is 5.88. The largest absolute Gasteiger partial charge is 0.356 e. The van der Waals surface area contributed by atoms with Crippen LogP contribution in [0.5, 0.6) is 0 Å². The van der Waals surface area contributed by atoms with Gasteiger partial charge in [0.1, 0.15) is 0 Å². The Hall–Kier alpha value is -0.530. The van der Waals surface area contributed by atoms with E-state index in [0.717, 1.165) is 25.3 Å². The van der Waals surface area contributed by atoms with Crippen LogP contribution in [0.2, 0.25) is 0 Å². The molecular formula is C16H31NO. The molecule has 0 unspecified atom stereocenters. The Balaban J connectivity index is 2.02. The van der Waals surface area contributed by atoms with E-state index in [1.165, 1.54) is 51.4 Å². The van der Waals surface area contributed by atoms with Crippen molar-refractivity contribution in [2.24, 2.45) is 11.8 Å². The van der Waals surface area contributed by atoms with E-state index >= 15 is 0 Å². The van der Waals surface area contributed by atoms with Gasteiger partial charge in [-0.3, -0.25) is 4.79 Å². The number of hydrogen-bond donors (Lipinski definition) is 1. The highest BCUT2D eigenvalue weighted by molar-refractivity contribution is 5.75. The number of amides is 1. The number of hydrogen-bond acceptors (Lipinski definition) is 1. The van der Waals surface area contributed by atoms with Crippen LogP contribution in [0.4, 0.5) is 0 Å². The molecule has 1 amide bonds. The molecular weight excluding hydrogens is 222 g/mol. The van der Waals surface area contributed by atoms with Gasteiger partial charge < -0.3 is 5.32 Å². The van der Waals surface area contributed by atoms with Crippen molar-refractivity contribution in [1.29, 1.82) is 0 Å². The van der Waals surface area contributed by atoms with E-state index in [9.17, 15) is 4.79 Å². The summed E-state index contributed by atoms with van der Waals surface area (Å²) in [6.45, 7) is 5.27. The third-order valence-corrected chi connectivity index (χ3v) is 4.48. The maximum absolute atomic E-state index is 11.7. The third kappa shape index (κ3) is 6.42. The first kappa shape index (κ1) is 15.5. The molecule has 1 rings (SSSR count). The molecule has 0 aromatic heterocycles. The molecule has 0 aliphatic heterocycles. The molecule has 0 saturated heterocycles. The Morgan fingerprint density at radius 1 is 1.17 bits per heavy atom. The van der Waals surface area contributed by atoms with Crippen molar-refractivity contribution in [3.63, 3.8) is 0 Å². The Morgan fingerprint density at radius 3 is 2.44 bits per heavy atom. The van der Waals surface area contributed by atoms with E-state index in [1.54, 1.807) is 0 Å². The topological polar surface area (TPSA) is 29.1 Å². The fraction of sp³-hybridized carbons (Fsp3) is 0.938. The van der Waals surface area contributed by atoms with Gasteiger partial charge in [-0.25, -0.2) is 0 Å². The van der Waals surface area contributed by atoms with Crippen molar-refractivity contribution in [2.75, 3.05) is 6.54 Å². The predicted molar refractivity (Wildman–Crippen MR) is 77.5 cm³/mol. The van der Waals surface area contributed by atoms with Gasteiger partial charge in [0.2, 0.25) is 5.91 Å². The van der Waals surface area contributed by atoms with Crippen LogP contribution in [-0.4, -0.2) is 12.5 Å². The highest BCUT2D eigenvalue weighted by Crippen LogP contribution is 2.27. The normalized spacial score (nSPS) is 17.1. The molecule has 2 heteroatoms. The van der Waals surface area contributed by atoms with Crippen LogP contribution in [0.1, 0.15) is 78.1 Å². The Bertz CT molecular complexity index is 217. The minimum Gasteiger partial charge on any atom is -0.356 e. The lowest BCUT2D eigenvalue weighted by molar-refractivity contribution is -0.121. The van der Waals surface area contributed by atoms with Crippen molar-refractivity contribution in [1.82, 2.24) is 5.32 Å².